The second-order valence-electron chi connectivity index (χ2n) is 7.96. The van der Waals surface area contributed by atoms with Gasteiger partial charge in [-0.2, -0.15) is 0 Å². The zero-order valence-electron chi connectivity index (χ0n) is 17.9. The molecule has 0 unspecified atom stereocenters. The van der Waals surface area contributed by atoms with Crippen LogP contribution in [-0.4, -0.2) is 17.5 Å². The smallest absolute Gasteiger partial charge is 0.311 e. The topological polar surface area (TPSA) is 60.4 Å². The van der Waals surface area contributed by atoms with Gasteiger partial charge in [0.25, 0.3) is 0 Å². The molecule has 2 rings (SSSR count). The van der Waals surface area contributed by atoms with Crippen LogP contribution in [0.4, 0.5) is 0 Å². The monoisotopic (exact) mass is 398 g/mol. The van der Waals surface area contributed by atoms with Crippen molar-refractivity contribution in [3.8, 4) is 5.75 Å². The lowest BCUT2D eigenvalue weighted by Crippen LogP contribution is -2.18. The van der Waals surface area contributed by atoms with Crippen LogP contribution >= 0.6 is 0 Å². The van der Waals surface area contributed by atoms with Crippen LogP contribution in [0.3, 0.4) is 0 Å². The number of benzene rings is 1. The quantitative estimate of drug-likeness (QED) is 0.213. The molecule has 0 spiro atoms. The van der Waals surface area contributed by atoms with Crippen LogP contribution in [0.5, 0.6) is 5.75 Å². The lowest BCUT2D eigenvalue weighted by Gasteiger charge is -2.16. The summed E-state index contributed by atoms with van der Waals surface area (Å²) in [5, 5.41) is 0. The number of fused-ring (bicyclic) bond motifs is 1. The predicted molar refractivity (Wildman–Crippen MR) is 116 cm³/mol. The molecule has 0 fully saturated rings. The van der Waals surface area contributed by atoms with Gasteiger partial charge in [-0.15, -0.1) is 0 Å². The number of rotatable bonds is 13. The van der Waals surface area contributed by atoms with E-state index in [0.717, 1.165) is 19.3 Å². The Hall–Kier alpha value is -2.23. The summed E-state index contributed by atoms with van der Waals surface area (Å²) in [6, 6.07) is 4.83. The zero-order valence-corrected chi connectivity index (χ0v) is 17.9. The summed E-state index contributed by atoms with van der Waals surface area (Å²) in [5.41, 5.74) is 0.928. The van der Waals surface area contributed by atoms with Gasteiger partial charge in [-0.3, -0.25) is 14.4 Å². The van der Waals surface area contributed by atoms with E-state index < -0.39 is 0 Å². The molecule has 0 saturated carbocycles. The molecule has 0 N–H and O–H groups in total. The lowest BCUT2D eigenvalue weighted by molar-refractivity contribution is -0.134. The molecule has 0 aliphatic heterocycles. The lowest BCUT2D eigenvalue weighted by atomic mass is 9.89. The van der Waals surface area contributed by atoms with Gasteiger partial charge < -0.3 is 4.74 Å². The van der Waals surface area contributed by atoms with Crippen LogP contribution in [0.1, 0.15) is 112 Å². The average Bonchev–Trinajstić information content (AvgIpc) is 2.70. The SMILES string of the molecule is CCCCCCCCCCCCCC(=O)Oc1cccc2c1C(=O)C=C(C)C2=O. The van der Waals surface area contributed by atoms with Gasteiger partial charge in [-0.25, -0.2) is 0 Å². The molecule has 4 heteroatoms. The molecule has 0 amide bonds. The molecule has 1 aliphatic carbocycles. The molecule has 0 heterocycles. The number of esters is 1. The number of ketones is 2. The maximum Gasteiger partial charge on any atom is 0.311 e. The maximum atomic E-state index is 12.3. The molecule has 158 valence electrons. The number of carbonyl (C=O) groups is 3. The largest absolute Gasteiger partial charge is 0.426 e. The van der Waals surface area contributed by atoms with Gasteiger partial charge in [0.2, 0.25) is 0 Å². The van der Waals surface area contributed by atoms with Crippen molar-refractivity contribution < 1.29 is 19.1 Å². The van der Waals surface area contributed by atoms with Crippen LogP contribution in [0.25, 0.3) is 0 Å². The fraction of sp³-hybridized carbons (Fsp3) is 0.560. The second-order valence-corrected chi connectivity index (χ2v) is 7.96. The molecule has 0 aromatic heterocycles. The van der Waals surface area contributed by atoms with E-state index in [-0.39, 0.29) is 28.8 Å². The van der Waals surface area contributed by atoms with E-state index in [9.17, 15) is 14.4 Å². The van der Waals surface area contributed by atoms with Crippen molar-refractivity contribution in [2.45, 2.75) is 90.9 Å². The first-order chi connectivity index (χ1) is 14.0. The predicted octanol–water partition coefficient (Wildman–Crippen LogP) is 6.62. The molecule has 1 aliphatic rings. The minimum absolute atomic E-state index is 0.192. The molecule has 0 saturated heterocycles. The number of allylic oxidation sites excluding steroid dienone is 2. The van der Waals surface area contributed by atoms with Crippen molar-refractivity contribution in [1.82, 2.24) is 0 Å². The van der Waals surface area contributed by atoms with Gasteiger partial charge >= 0.3 is 5.97 Å². The Bertz CT molecular complexity index is 745. The molecule has 0 atom stereocenters. The average molecular weight is 399 g/mol. The van der Waals surface area contributed by atoms with Crippen LogP contribution in [0, 0.1) is 0 Å². The van der Waals surface area contributed by atoms with Gasteiger partial charge in [0, 0.05) is 17.6 Å². The molecule has 0 bridgehead atoms. The molecule has 29 heavy (non-hydrogen) atoms. The second kappa shape index (κ2) is 12.4. The maximum absolute atomic E-state index is 12.3. The van der Waals surface area contributed by atoms with Crippen molar-refractivity contribution >= 4 is 17.5 Å². The Labute approximate surface area is 174 Å². The summed E-state index contributed by atoms with van der Waals surface area (Å²) >= 11 is 0. The minimum atomic E-state index is -0.346. The van der Waals surface area contributed by atoms with Crippen LogP contribution in [0.2, 0.25) is 0 Å². The summed E-state index contributed by atoms with van der Waals surface area (Å²) in [6.07, 6.45) is 15.1. The summed E-state index contributed by atoms with van der Waals surface area (Å²) in [5.74, 6) is -0.628. The highest BCUT2D eigenvalue weighted by atomic mass is 16.5. The standard InChI is InChI=1S/C25H34O4/c1-3-4-5-6-7-8-9-10-11-12-13-17-23(27)29-22-16-14-15-20-24(22)21(26)18-19(2)25(20)28/h14-16,18H,3-13,17H2,1-2H3. The highest BCUT2D eigenvalue weighted by Crippen LogP contribution is 2.29. The number of hydrogen-bond donors (Lipinski definition) is 0. The zero-order chi connectivity index (χ0) is 21.1. The highest BCUT2D eigenvalue weighted by Gasteiger charge is 2.27. The number of hydrogen-bond acceptors (Lipinski definition) is 4. The van der Waals surface area contributed by atoms with E-state index in [4.69, 9.17) is 4.74 Å². The molecule has 0 radical (unpaired) electrons. The van der Waals surface area contributed by atoms with E-state index in [1.165, 1.54) is 57.4 Å². The van der Waals surface area contributed by atoms with Crippen molar-refractivity contribution in [3.05, 3.63) is 41.0 Å². The third kappa shape index (κ3) is 7.26. The summed E-state index contributed by atoms with van der Waals surface area (Å²) < 4.78 is 5.42. The first-order valence-corrected chi connectivity index (χ1v) is 11.2. The summed E-state index contributed by atoms with van der Waals surface area (Å²) in [4.78, 5) is 36.7. The van der Waals surface area contributed by atoms with E-state index in [0.29, 0.717) is 17.6 Å². The van der Waals surface area contributed by atoms with Gasteiger partial charge in [-0.1, -0.05) is 83.3 Å². The van der Waals surface area contributed by atoms with Gasteiger partial charge in [0.15, 0.2) is 11.6 Å². The third-order valence-corrected chi connectivity index (χ3v) is 5.43. The van der Waals surface area contributed by atoms with Crippen molar-refractivity contribution in [2.24, 2.45) is 0 Å². The molecule has 1 aromatic rings. The van der Waals surface area contributed by atoms with Crippen LogP contribution in [-0.2, 0) is 4.79 Å². The number of unbranched alkanes of at least 4 members (excludes halogenated alkanes) is 10. The van der Waals surface area contributed by atoms with E-state index in [1.54, 1.807) is 25.1 Å². The number of carbonyl (C=O) groups excluding carboxylic acids is 3. The Balaban J connectivity index is 1.66. The van der Waals surface area contributed by atoms with Crippen LogP contribution in [0.15, 0.2) is 29.8 Å². The normalized spacial score (nSPS) is 13.2. The van der Waals surface area contributed by atoms with Crippen molar-refractivity contribution in [1.29, 1.82) is 0 Å². The van der Waals surface area contributed by atoms with Gasteiger partial charge in [0.05, 0.1) is 5.56 Å². The first kappa shape index (κ1) is 23.1. The fourth-order valence-corrected chi connectivity index (χ4v) is 3.71. The number of Topliss-reactive ketones (excluding diaryl/α,β-unsaturated/α-hetero) is 1. The van der Waals surface area contributed by atoms with Gasteiger partial charge in [-0.05, 0) is 25.5 Å². The van der Waals surface area contributed by atoms with E-state index >= 15 is 0 Å². The minimum Gasteiger partial charge on any atom is -0.426 e. The van der Waals surface area contributed by atoms with Crippen molar-refractivity contribution in [2.75, 3.05) is 0 Å². The Morgan fingerprint density at radius 1 is 0.862 bits per heavy atom. The molecule has 1 aromatic carbocycles. The third-order valence-electron chi connectivity index (χ3n) is 5.43. The van der Waals surface area contributed by atoms with Crippen LogP contribution < -0.4 is 4.74 Å². The fourth-order valence-electron chi connectivity index (χ4n) is 3.71. The highest BCUT2D eigenvalue weighted by molar-refractivity contribution is 6.25. The molecule has 4 nitrogen and oxygen atoms in total. The van der Waals surface area contributed by atoms with Crippen molar-refractivity contribution in [3.63, 3.8) is 0 Å². The molecular formula is C25H34O4. The molecular weight excluding hydrogens is 364 g/mol. The number of ether oxygens (including phenoxy) is 1. The Morgan fingerprint density at radius 2 is 1.45 bits per heavy atom. The van der Waals surface area contributed by atoms with Gasteiger partial charge in [0.1, 0.15) is 5.75 Å². The first-order valence-electron chi connectivity index (χ1n) is 11.2. The summed E-state index contributed by atoms with van der Waals surface area (Å²) in [7, 11) is 0. The van der Waals surface area contributed by atoms with E-state index in [2.05, 4.69) is 6.92 Å². The van der Waals surface area contributed by atoms with E-state index in [1.807, 2.05) is 0 Å². The Kier molecular flexibility index (Phi) is 9.82. The Morgan fingerprint density at radius 3 is 2.07 bits per heavy atom. The summed E-state index contributed by atoms with van der Waals surface area (Å²) in [6.45, 7) is 3.86.